The van der Waals surface area contributed by atoms with Crippen molar-refractivity contribution in [2.75, 3.05) is 11.1 Å². The van der Waals surface area contributed by atoms with Crippen molar-refractivity contribution in [2.24, 2.45) is 0 Å². The number of nitro benzene ring substituents is 1. The molecular formula is C12H11N3O2. The number of para-hydroxylation sites is 1. The van der Waals surface area contributed by atoms with Crippen LogP contribution in [0.25, 0.3) is 0 Å². The van der Waals surface area contributed by atoms with E-state index in [1.807, 2.05) is 30.3 Å². The summed E-state index contributed by atoms with van der Waals surface area (Å²) in [6.07, 6.45) is 0. The van der Waals surface area contributed by atoms with E-state index < -0.39 is 4.92 Å². The normalized spacial score (nSPS) is 9.88. The monoisotopic (exact) mass is 229 g/mol. The zero-order chi connectivity index (χ0) is 12.3. The Labute approximate surface area is 98.0 Å². The average Bonchev–Trinajstić information content (AvgIpc) is 2.29. The highest BCUT2D eigenvalue weighted by Crippen LogP contribution is 2.24. The van der Waals surface area contributed by atoms with Gasteiger partial charge in [0, 0.05) is 29.2 Å². The third-order valence-corrected chi connectivity index (χ3v) is 2.21. The minimum atomic E-state index is -0.466. The van der Waals surface area contributed by atoms with E-state index in [0.29, 0.717) is 11.4 Å². The average molecular weight is 229 g/mol. The molecule has 0 bridgehead atoms. The molecular weight excluding hydrogens is 218 g/mol. The molecule has 0 heterocycles. The van der Waals surface area contributed by atoms with Gasteiger partial charge >= 0.3 is 0 Å². The van der Waals surface area contributed by atoms with Gasteiger partial charge in [-0.05, 0) is 18.2 Å². The van der Waals surface area contributed by atoms with Crippen molar-refractivity contribution in [3.63, 3.8) is 0 Å². The molecule has 86 valence electrons. The summed E-state index contributed by atoms with van der Waals surface area (Å²) in [5, 5.41) is 13.7. The molecule has 2 aromatic rings. The molecule has 0 unspecified atom stereocenters. The standard InChI is InChI=1S/C12H11N3O2/c13-9-6-11(8-12(7-9)15(16)17)14-10-4-2-1-3-5-10/h1-8,14H,13H2. The van der Waals surface area contributed by atoms with Crippen molar-refractivity contribution in [1.29, 1.82) is 0 Å². The number of benzene rings is 2. The van der Waals surface area contributed by atoms with Crippen molar-refractivity contribution in [3.05, 3.63) is 58.6 Å². The fourth-order valence-electron chi connectivity index (χ4n) is 1.50. The molecule has 0 amide bonds. The van der Waals surface area contributed by atoms with Gasteiger partial charge in [-0.1, -0.05) is 18.2 Å². The van der Waals surface area contributed by atoms with E-state index in [1.54, 1.807) is 6.07 Å². The summed E-state index contributed by atoms with van der Waals surface area (Å²) < 4.78 is 0. The Balaban J connectivity index is 2.30. The van der Waals surface area contributed by atoms with Gasteiger partial charge in [-0.15, -0.1) is 0 Å². The Morgan fingerprint density at radius 1 is 1.06 bits per heavy atom. The third-order valence-electron chi connectivity index (χ3n) is 2.21. The molecule has 0 aliphatic carbocycles. The van der Waals surface area contributed by atoms with Gasteiger partial charge < -0.3 is 11.1 Å². The second kappa shape index (κ2) is 4.52. The van der Waals surface area contributed by atoms with E-state index >= 15 is 0 Å². The fraction of sp³-hybridized carbons (Fsp3) is 0. The highest BCUT2D eigenvalue weighted by atomic mass is 16.6. The SMILES string of the molecule is Nc1cc(Nc2ccccc2)cc([N+](=O)[O-])c1. The van der Waals surface area contributed by atoms with Gasteiger partial charge in [0.2, 0.25) is 0 Å². The zero-order valence-corrected chi connectivity index (χ0v) is 8.96. The van der Waals surface area contributed by atoms with Crippen LogP contribution in [0.4, 0.5) is 22.7 Å². The maximum absolute atomic E-state index is 10.7. The molecule has 5 nitrogen and oxygen atoms in total. The highest BCUT2D eigenvalue weighted by molar-refractivity contribution is 5.67. The molecule has 2 rings (SSSR count). The van der Waals surface area contributed by atoms with Gasteiger partial charge in [0.15, 0.2) is 0 Å². The topological polar surface area (TPSA) is 81.2 Å². The summed E-state index contributed by atoms with van der Waals surface area (Å²) in [4.78, 5) is 10.2. The lowest BCUT2D eigenvalue weighted by molar-refractivity contribution is -0.384. The van der Waals surface area contributed by atoms with Crippen LogP contribution < -0.4 is 11.1 Å². The van der Waals surface area contributed by atoms with E-state index in [2.05, 4.69) is 5.32 Å². The number of non-ortho nitro benzene ring substituents is 1. The molecule has 0 spiro atoms. The number of nitrogens with one attached hydrogen (secondary N) is 1. The van der Waals surface area contributed by atoms with Crippen LogP contribution in [0.1, 0.15) is 0 Å². The molecule has 0 fully saturated rings. The van der Waals surface area contributed by atoms with Gasteiger partial charge in [-0.25, -0.2) is 0 Å². The lowest BCUT2D eigenvalue weighted by Crippen LogP contribution is -1.95. The van der Waals surface area contributed by atoms with Crippen molar-refractivity contribution in [3.8, 4) is 0 Å². The minimum absolute atomic E-state index is 0.0246. The van der Waals surface area contributed by atoms with Crippen molar-refractivity contribution in [2.45, 2.75) is 0 Å². The Kier molecular flexibility index (Phi) is 2.91. The molecule has 2 aromatic carbocycles. The lowest BCUT2D eigenvalue weighted by atomic mass is 10.2. The summed E-state index contributed by atoms with van der Waals surface area (Å²) in [7, 11) is 0. The predicted molar refractivity (Wildman–Crippen MR) is 67.2 cm³/mol. The number of nitro groups is 1. The Morgan fingerprint density at radius 2 is 1.76 bits per heavy atom. The van der Waals surface area contributed by atoms with E-state index in [4.69, 9.17) is 5.73 Å². The smallest absolute Gasteiger partial charge is 0.273 e. The zero-order valence-electron chi connectivity index (χ0n) is 8.96. The lowest BCUT2D eigenvalue weighted by Gasteiger charge is -2.06. The van der Waals surface area contributed by atoms with Crippen LogP contribution in [0, 0.1) is 10.1 Å². The molecule has 0 radical (unpaired) electrons. The number of hydrogen-bond acceptors (Lipinski definition) is 4. The van der Waals surface area contributed by atoms with Crippen LogP contribution in [0.3, 0.4) is 0 Å². The van der Waals surface area contributed by atoms with Gasteiger partial charge in [0.1, 0.15) is 0 Å². The molecule has 17 heavy (non-hydrogen) atoms. The van der Waals surface area contributed by atoms with Crippen LogP contribution >= 0.6 is 0 Å². The maximum Gasteiger partial charge on any atom is 0.273 e. The molecule has 0 aliphatic heterocycles. The van der Waals surface area contributed by atoms with Gasteiger partial charge in [0.05, 0.1) is 4.92 Å². The quantitative estimate of drug-likeness (QED) is 0.481. The van der Waals surface area contributed by atoms with Crippen molar-refractivity contribution in [1.82, 2.24) is 0 Å². The van der Waals surface area contributed by atoms with E-state index in [0.717, 1.165) is 5.69 Å². The van der Waals surface area contributed by atoms with Crippen LogP contribution in [0.15, 0.2) is 48.5 Å². The second-order valence-electron chi connectivity index (χ2n) is 3.56. The summed E-state index contributed by atoms with van der Waals surface area (Å²) in [6.45, 7) is 0. The minimum Gasteiger partial charge on any atom is -0.398 e. The number of hydrogen-bond donors (Lipinski definition) is 2. The second-order valence-corrected chi connectivity index (χ2v) is 3.56. The third kappa shape index (κ3) is 2.72. The Hall–Kier alpha value is -2.56. The molecule has 0 saturated carbocycles. The van der Waals surface area contributed by atoms with Crippen LogP contribution in [-0.2, 0) is 0 Å². The number of nitrogen functional groups attached to an aromatic ring is 1. The summed E-state index contributed by atoms with van der Waals surface area (Å²) in [5.74, 6) is 0. The Bertz CT molecular complexity index is 541. The first-order chi connectivity index (χ1) is 8.15. The molecule has 0 atom stereocenters. The fourth-order valence-corrected chi connectivity index (χ4v) is 1.50. The first-order valence-corrected chi connectivity index (χ1v) is 5.02. The number of nitrogens with zero attached hydrogens (tertiary/aromatic N) is 1. The molecule has 5 heteroatoms. The predicted octanol–water partition coefficient (Wildman–Crippen LogP) is 2.92. The first kappa shape index (κ1) is 10.9. The molecule has 0 aromatic heterocycles. The van der Waals surface area contributed by atoms with Crippen molar-refractivity contribution >= 4 is 22.7 Å². The number of nitrogens with two attached hydrogens (primary N) is 1. The highest BCUT2D eigenvalue weighted by Gasteiger charge is 2.08. The van der Waals surface area contributed by atoms with E-state index in [1.165, 1.54) is 12.1 Å². The summed E-state index contributed by atoms with van der Waals surface area (Å²) >= 11 is 0. The molecule has 0 saturated heterocycles. The van der Waals surface area contributed by atoms with Crippen LogP contribution in [0.5, 0.6) is 0 Å². The molecule has 0 aliphatic rings. The van der Waals surface area contributed by atoms with Crippen LogP contribution in [0.2, 0.25) is 0 Å². The largest absolute Gasteiger partial charge is 0.398 e. The summed E-state index contributed by atoms with van der Waals surface area (Å²) in [6, 6.07) is 13.8. The van der Waals surface area contributed by atoms with Crippen LogP contribution in [-0.4, -0.2) is 4.92 Å². The van der Waals surface area contributed by atoms with E-state index in [9.17, 15) is 10.1 Å². The number of rotatable bonds is 3. The Morgan fingerprint density at radius 3 is 2.41 bits per heavy atom. The first-order valence-electron chi connectivity index (χ1n) is 5.02. The maximum atomic E-state index is 10.7. The van der Waals surface area contributed by atoms with Crippen molar-refractivity contribution < 1.29 is 4.92 Å². The molecule has 3 N–H and O–H groups in total. The van der Waals surface area contributed by atoms with Gasteiger partial charge in [0.25, 0.3) is 5.69 Å². The van der Waals surface area contributed by atoms with Gasteiger partial charge in [-0.2, -0.15) is 0 Å². The van der Waals surface area contributed by atoms with E-state index in [-0.39, 0.29) is 5.69 Å². The van der Waals surface area contributed by atoms with Gasteiger partial charge in [-0.3, -0.25) is 10.1 Å². The number of anilines is 3. The summed E-state index contributed by atoms with van der Waals surface area (Å²) in [5.41, 5.74) is 7.39.